The highest BCUT2D eigenvalue weighted by atomic mass is 16.6. The first kappa shape index (κ1) is 18.6. The van der Waals surface area contributed by atoms with Crippen LogP contribution in [0.1, 0.15) is 12.8 Å². The molecule has 2 aliphatic rings. The van der Waals surface area contributed by atoms with Gasteiger partial charge in [0.2, 0.25) is 0 Å². The smallest absolute Gasteiger partial charge is 0.183 e. The number of hydrogen-bond donors (Lipinski definition) is 6. The maximum atomic E-state index is 9.71. The van der Waals surface area contributed by atoms with E-state index in [1.54, 1.807) is 6.08 Å². The molecule has 6 N–H and O–H groups in total. The number of aliphatic hydroxyl groups is 6. The summed E-state index contributed by atoms with van der Waals surface area (Å²) in [6.07, 6.45) is -4.54. The lowest BCUT2D eigenvalue weighted by Gasteiger charge is -2.33. The summed E-state index contributed by atoms with van der Waals surface area (Å²) < 4.78 is 15.6. The summed E-state index contributed by atoms with van der Waals surface area (Å²) in [5, 5.41) is 56.5. The average molecular weight is 336 g/mol. The van der Waals surface area contributed by atoms with E-state index in [0.717, 1.165) is 0 Å². The maximum Gasteiger partial charge on any atom is 0.183 e. The lowest BCUT2D eigenvalue weighted by atomic mass is 10.0. The van der Waals surface area contributed by atoms with Crippen molar-refractivity contribution in [3.05, 3.63) is 12.3 Å². The van der Waals surface area contributed by atoms with Crippen LogP contribution in [0.4, 0.5) is 0 Å². The Balaban J connectivity index is 1.68. The van der Waals surface area contributed by atoms with Crippen molar-refractivity contribution in [3.63, 3.8) is 0 Å². The topological polar surface area (TPSA) is 149 Å². The summed E-state index contributed by atoms with van der Waals surface area (Å²) >= 11 is 0. The minimum absolute atomic E-state index is 0.000709. The molecule has 8 unspecified atom stereocenters. The predicted molar refractivity (Wildman–Crippen MR) is 75.0 cm³/mol. The second kappa shape index (κ2) is 8.36. The van der Waals surface area contributed by atoms with Crippen LogP contribution in [0.2, 0.25) is 0 Å². The van der Waals surface area contributed by atoms with Gasteiger partial charge in [0.15, 0.2) is 6.29 Å². The van der Waals surface area contributed by atoms with E-state index >= 15 is 0 Å². The normalized spacial score (nSPS) is 44.8. The summed E-state index contributed by atoms with van der Waals surface area (Å²) in [7, 11) is 0. The summed E-state index contributed by atoms with van der Waals surface area (Å²) in [6, 6.07) is 0. The van der Waals surface area contributed by atoms with E-state index in [9.17, 15) is 25.5 Å². The minimum Gasteiger partial charge on any atom is -0.499 e. The Morgan fingerprint density at radius 1 is 0.957 bits per heavy atom. The van der Waals surface area contributed by atoms with E-state index in [0.29, 0.717) is 6.42 Å². The Bertz CT molecular complexity index is 378. The van der Waals surface area contributed by atoms with Gasteiger partial charge >= 0.3 is 0 Å². The van der Waals surface area contributed by atoms with Crippen LogP contribution in [0, 0.1) is 0 Å². The molecule has 0 aliphatic carbocycles. The number of ether oxygens (including phenoxy) is 3. The summed E-state index contributed by atoms with van der Waals surface area (Å²) in [4.78, 5) is 0. The van der Waals surface area contributed by atoms with Gasteiger partial charge in [0.1, 0.15) is 37.1 Å². The van der Waals surface area contributed by atoms with Crippen molar-refractivity contribution >= 4 is 0 Å². The zero-order chi connectivity index (χ0) is 17.0. The summed E-state index contributed by atoms with van der Waals surface area (Å²) in [6.45, 7) is -0.388. The highest BCUT2D eigenvalue weighted by molar-refractivity contribution is 4.91. The molecule has 0 radical (unpaired) electrons. The summed E-state index contributed by atoms with van der Waals surface area (Å²) in [5.74, 6) is 0. The molecule has 8 atom stereocenters. The maximum absolute atomic E-state index is 9.71. The molecule has 0 saturated carbocycles. The molecule has 0 aromatic rings. The van der Waals surface area contributed by atoms with Crippen molar-refractivity contribution in [1.82, 2.24) is 0 Å². The number of aliphatic hydroxyl groups excluding tert-OH is 6. The van der Waals surface area contributed by atoms with Crippen molar-refractivity contribution in [1.29, 1.82) is 0 Å². The Labute approximate surface area is 133 Å². The molecule has 9 nitrogen and oxygen atoms in total. The van der Waals surface area contributed by atoms with Crippen molar-refractivity contribution in [2.75, 3.05) is 13.2 Å². The molecular weight excluding hydrogens is 312 g/mol. The quantitative estimate of drug-likeness (QED) is 0.283. The fraction of sp³-hybridized carbons (Fsp3) is 0.857. The van der Waals surface area contributed by atoms with Crippen LogP contribution in [-0.4, -0.2) is 92.9 Å². The van der Waals surface area contributed by atoms with Crippen molar-refractivity contribution in [2.45, 2.75) is 61.9 Å². The highest BCUT2D eigenvalue weighted by Crippen LogP contribution is 2.22. The monoisotopic (exact) mass is 336 g/mol. The second-order valence-corrected chi connectivity index (χ2v) is 5.76. The third-order valence-corrected chi connectivity index (χ3v) is 4.02. The molecular formula is C14H24O9. The van der Waals surface area contributed by atoms with Crippen LogP contribution in [0.3, 0.4) is 0 Å². The molecule has 23 heavy (non-hydrogen) atoms. The second-order valence-electron chi connectivity index (χ2n) is 5.76. The zero-order valence-electron chi connectivity index (χ0n) is 12.5. The number of hydrogen-bond acceptors (Lipinski definition) is 9. The van der Waals surface area contributed by atoms with Gasteiger partial charge < -0.3 is 44.8 Å². The van der Waals surface area contributed by atoms with Gasteiger partial charge in [-0.2, -0.15) is 0 Å². The molecule has 9 heteroatoms. The molecule has 0 amide bonds. The van der Waals surface area contributed by atoms with Crippen molar-refractivity contribution in [2.24, 2.45) is 0 Å². The Morgan fingerprint density at radius 2 is 1.65 bits per heavy atom. The fourth-order valence-corrected chi connectivity index (χ4v) is 2.62. The zero-order valence-corrected chi connectivity index (χ0v) is 12.5. The van der Waals surface area contributed by atoms with E-state index in [-0.39, 0.29) is 19.6 Å². The molecule has 2 saturated heterocycles. The molecule has 0 aromatic carbocycles. The third kappa shape index (κ3) is 4.61. The van der Waals surface area contributed by atoms with Gasteiger partial charge in [-0.25, -0.2) is 0 Å². The largest absolute Gasteiger partial charge is 0.499 e. The van der Waals surface area contributed by atoms with Gasteiger partial charge in [-0.3, -0.25) is 0 Å². The lowest BCUT2D eigenvalue weighted by molar-refractivity contribution is -0.245. The van der Waals surface area contributed by atoms with E-state index in [2.05, 4.69) is 0 Å². The van der Waals surface area contributed by atoms with Crippen LogP contribution in [0.25, 0.3) is 0 Å². The first-order chi connectivity index (χ1) is 10.9. The average Bonchev–Trinajstić information content (AvgIpc) is 2.80. The van der Waals surface area contributed by atoms with Gasteiger partial charge in [0.05, 0.1) is 25.1 Å². The Morgan fingerprint density at radius 3 is 2.26 bits per heavy atom. The number of rotatable bonds is 6. The fourth-order valence-electron chi connectivity index (χ4n) is 2.62. The van der Waals surface area contributed by atoms with Gasteiger partial charge in [-0.1, -0.05) is 0 Å². The predicted octanol–water partition coefficient (Wildman–Crippen LogP) is -2.78. The molecule has 2 rings (SSSR count). The first-order valence-corrected chi connectivity index (χ1v) is 7.52. The van der Waals surface area contributed by atoms with Crippen LogP contribution in [-0.2, 0) is 14.2 Å². The Kier molecular flexibility index (Phi) is 6.74. The van der Waals surface area contributed by atoms with E-state index in [4.69, 9.17) is 19.3 Å². The van der Waals surface area contributed by atoms with Crippen molar-refractivity contribution < 1.29 is 44.8 Å². The lowest BCUT2D eigenvalue weighted by Crippen LogP contribution is -2.47. The minimum atomic E-state index is -1.42. The highest BCUT2D eigenvalue weighted by Gasteiger charge is 2.42. The molecule has 2 fully saturated rings. The third-order valence-electron chi connectivity index (χ3n) is 4.02. The van der Waals surface area contributed by atoms with E-state index in [1.807, 2.05) is 0 Å². The molecule has 2 aliphatic heterocycles. The van der Waals surface area contributed by atoms with Crippen LogP contribution in [0.15, 0.2) is 12.3 Å². The van der Waals surface area contributed by atoms with E-state index in [1.165, 1.54) is 6.26 Å². The molecule has 134 valence electrons. The van der Waals surface area contributed by atoms with Gasteiger partial charge in [-0.05, 0) is 12.5 Å². The summed E-state index contributed by atoms with van der Waals surface area (Å²) in [5.41, 5.74) is 0. The Hall–Kier alpha value is -0.780. The van der Waals surface area contributed by atoms with Crippen LogP contribution >= 0.6 is 0 Å². The first-order valence-electron chi connectivity index (χ1n) is 7.52. The van der Waals surface area contributed by atoms with Gasteiger partial charge in [-0.15, -0.1) is 0 Å². The molecule has 0 aromatic heterocycles. The SMILES string of the molecule is OCC1OC(COC=CCC2CC(O)C(O)C(O)O2)C(O)C1O. The van der Waals surface area contributed by atoms with Gasteiger partial charge in [0, 0.05) is 6.42 Å². The van der Waals surface area contributed by atoms with Gasteiger partial charge in [0.25, 0.3) is 0 Å². The molecule has 2 heterocycles. The van der Waals surface area contributed by atoms with Crippen molar-refractivity contribution in [3.8, 4) is 0 Å². The molecule has 0 spiro atoms. The van der Waals surface area contributed by atoms with Crippen LogP contribution < -0.4 is 0 Å². The standard InChI is InChI=1S/C14H24O9/c15-5-9-12(18)13(19)10(23-9)6-21-3-1-2-7-4-8(16)11(17)14(20)22-7/h1,3,7-20H,2,4-6H2. The molecule has 0 bridgehead atoms. The van der Waals surface area contributed by atoms with E-state index < -0.39 is 49.0 Å². The van der Waals surface area contributed by atoms with Crippen LogP contribution in [0.5, 0.6) is 0 Å².